The molecule has 0 radical (unpaired) electrons. The Bertz CT molecular complexity index is 912. The fourth-order valence-corrected chi connectivity index (χ4v) is 3.37. The number of rotatable bonds is 11. The number of halogens is 1. The van der Waals surface area contributed by atoms with Gasteiger partial charge in [-0.1, -0.05) is 13.3 Å². The van der Waals surface area contributed by atoms with E-state index in [0.717, 1.165) is 37.0 Å². The number of methoxy groups -OCH3 is 1. The van der Waals surface area contributed by atoms with Crippen LogP contribution in [-0.2, 0) is 11.2 Å². The predicted octanol–water partition coefficient (Wildman–Crippen LogP) is 4.60. The lowest BCUT2D eigenvalue weighted by Gasteiger charge is -2.14. The van der Waals surface area contributed by atoms with Gasteiger partial charge in [0.15, 0.2) is 0 Å². The molecule has 1 aromatic carbocycles. The Balaban J connectivity index is 1.93. The van der Waals surface area contributed by atoms with Crippen molar-refractivity contribution in [1.82, 2.24) is 9.78 Å². The molecule has 1 heterocycles. The zero-order valence-corrected chi connectivity index (χ0v) is 19.6. The second kappa shape index (κ2) is 11.7. The molecule has 0 aliphatic rings. The monoisotopic (exact) mass is 479 g/mol. The van der Waals surface area contributed by atoms with Gasteiger partial charge < -0.3 is 14.8 Å². The molecule has 2 rings (SSSR count). The Hall–Kier alpha value is -2.35. The number of nitrogens with zero attached hydrogens (tertiary/aromatic N) is 2. The van der Waals surface area contributed by atoms with E-state index in [2.05, 4.69) is 33.3 Å². The summed E-state index contributed by atoms with van der Waals surface area (Å²) < 4.78 is 12.7. The predicted molar refractivity (Wildman–Crippen MR) is 122 cm³/mol. The number of hydrogen-bond donors (Lipinski definition) is 1. The van der Waals surface area contributed by atoms with Crippen LogP contribution >= 0.6 is 15.9 Å². The van der Waals surface area contributed by atoms with Gasteiger partial charge in [-0.15, -0.1) is 0 Å². The van der Waals surface area contributed by atoms with Gasteiger partial charge in [0.25, 0.3) is 5.56 Å². The number of hydrogen-bond acceptors (Lipinski definition) is 6. The lowest BCUT2D eigenvalue weighted by Crippen LogP contribution is -2.26. The minimum absolute atomic E-state index is 0.00345. The van der Waals surface area contributed by atoms with Gasteiger partial charge in [0.05, 0.1) is 37.2 Å². The standard InChI is InChI=1S/C22H30BrN3O4/c1-5-6-8-16-13-17(22(28)29-4)9-10-19(16)30-12-7-11-24-18-14-25-26(15(2)3)21(27)20(18)23/h9-10,13-15,24H,5-8,11-12H2,1-4H3. The number of anilines is 1. The largest absolute Gasteiger partial charge is 0.493 e. The van der Waals surface area contributed by atoms with E-state index in [4.69, 9.17) is 9.47 Å². The molecular weight excluding hydrogens is 450 g/mol. The zero-order valence-electron chi connectivity index (χ0n) is 18.0. The summed E-state index contributed by atoms with van der Waals surface area (Å²) in [6.45, 7) is 7.10. The third-order valence-corrected chi connectivity index (χ3v) is 5.37. The van der Waals surface area contributed by atoms with Crippen molar-refractivity contribution in [2.75, 3.05) is 25.6 Å². The lowest BCUT2D eigenvalue weighted by molar-refractivity contribution is 0.0600. The number of esters is 1. The maximum absolute atomic E-state index is 12.3. The SMILES string of the molecule is CCCCc1cc(C(=O)OC)ccc1OCCCNc1cnn(C(C)C)c(=O)c1Br. The van der Waals surface area contributed by atoms with Crippen molar-refractivity contribution < 1.29 is 14.3 Å². The Morgan fingerprint density at radius 3 is 2.73 bits per heavy atom. The molecule has 164 valence electrons. The van der Waals surface area contributed by atoms with Crippen LogP contribution in [0.5, 0.6) is 5.75 Å². The van der Waals surface area contributed by atoms with Crippen LogP contribution < -0.4 is 15.6 Å². The number of carbonyl (C=O) groups is 1. The molecule has 7 nitrogen and oxygen atoms in total. The van der Waals surface area contributed by atoms with Crippen molar-refractivity contribution in [3.63, 3.8) is 0 Å². The summed E-state index contributed by atoms with van der Waals surface area (Å²) in [5.41, 5.74) is 2.06. The summed E-state index contributed by atoms with van der Waals surface area (Å²) >= 11 is 3.36. The molecule has 30 heavy (non-hydrogen) atoms. The van der Waals surface area contributed by atoms with Crippen LogP contribution in [0.1, 0.15) is 62.0 Å². The fraction of sp³-hybridized carbons (Fsp3) is 0.500. The third-order valence-electron chi connectivity index (χ3n) is 4.61. The summed E-state index contributed by atoms with van der Waals surface area (Å²) in [4.78, 5) is 24.1. The van der Waals surface area contributed by atoms with Gasteiger partial charge in [0.2, 0.25) is 0 Å². The Morgan fingerprint density at radius 1 is 1.30 bits per heavy atom. The van der Waals surface area contributed by atoms with Crippen molar-refractivity contribution in [3.05, 3.63) is 50.3 Å². The van der Waals surface area contributed by atoms with Crippen molar-refractivity contribution in [3.8, 4) is 5.75 Å². The zero-order chi connectivity index (χ0) is 22.1. The Kier molecular flexibility index (Phi) is 9.36. The molecule has 8 heteroatoms. The average Bonchev–Trinajstić information content (AvgIpc) is 2.74. The van der Waals surface area contributed by atoms with Gasteiger partial charge in [-0.25, -0.2) is 9.48 Å². The minimum Gasteiger partial charge on any atom is -0.493 e. The van der Waals surface area contributed by atoms with Gasteiger partial charge in [0.1, 0.15) is 10.2 Å². The molecule has 1 aromatic heterocycles. The van der Waals surface area contributed by atoms with E-state index in [1.807, 2.05) is 26.0 Å². The molecule has 0 fully saturated rings. The number of carbonyl (C=O) groups excluding carboxylic acids is 1. The smallest absolute Gasteiger partial charge is 0.337 e. The third kappa shape index (κ3) is 6.32. The van der Waals surface area contributed by atoms with Gasteiger partial charge in [-0.05, 0) is 72.8 Å². The molecule has 0 unspecified atom stereocenters. The van der Waals surface area contributed by atoms with Crippen LogP contribution in [-0.4, -0.2) is 36.0 Å². The summed E-state index contributed by atoms with van der Waals surface area (Å²) in [6.07, 6.45) is 5.32. The highest BCUT2D eigenvalue weighted by molar-refractivity contribution is 9.10. The summed E-state index contributed by atoms with van der Waals surface area (Å²) in [5, 5.41) is 7.42. The first-order valence-corrected chi connectivity index (χ1v) is 11.0. The lowest BCUT2D eigenvalue weighted by atomic mass is 10.0. The normalized spacial score (nSPS) is 10.9. The van der Waals surface area contributed by atoms with Gasteiger partial charge in [-0.3, -0.25) is 4.79 Å². The molecule has 0 atom stereocenters. The minimum atomic E-state index is -0.345. The van der Waals surface area contributed by atoms with Crippen LogP contribution in [0.2, 0.25) is 0 Å². The van der Waals surface area contributed by atoms with Crippen LogP contribution in [0.4, 0.5) is 5.69 Å². The molecule has 1 N–H and O–H groups in total. The van der Waals surface area contributed by atoms with Crippen LogP contribution in [0.3, 0.4) is 0 Å². The number of benzene rings is 1. The highest BCUT2D eigenvalue weighted by Gasteiger charge is 2.12. The summed E-state index contributed by atoms with van der Waals surface area (Å²) in [5.74, 6) is 0.445. The molecule has 0 bridgehead atoms. The van der Waals surface area contributed by atoms with Gasteiger partial charge in [-0.2, -0.15) is 5.10 Å². The first-order chi connectivity index (χ1) is 14.4. The van der Waals surface area contributed by atoms with Crippen LogP contribution in [0.25, 0.3) is 0 Å². The summed E-state index contributed by atoms with van der Waals surface area (Å²) in [7, 11) is 1.38. The Morgan fingerprint density at radius 2 is 2.07 bits per heavy atom. The number of aromatic nitrogens is 2. The second-order valence-corrected chi connectivity index (χ2v) is 8.06. The molecule has 0 amide bonds. The number of ether oxygens (including phenoxy) is 2. The van der Waals surface area contributed by atoms with Crippen molar-refractivity contribution in [2.45, 2.75) is 52.5 Å². The van der Waals surface area contributed by atoms with E-state index in [0.29, 0.717) is 28.9 Å². The molecular formula is C22H30BrN3O4. The molecule has 0 aliphatic carbocycles. The quantitative estimate of drug-likeness (QED) is 0.374. The van der Waals surface area contributed by atoms with Gasteiger partial charge in [0, 0.05) is 6.54 Å². The number of nitrogens with one attached hydrogen (secondary N) is 1. The van der Waals surface area contributed by atoms with E-state index < -0.39 is 0 Å². The summed E-state index contributed by atoms with van der Waals surface area (Å²) in [6, 6.07) is 5.41. The van der Waals surface area contributed by atoms with Crippen molar-refractivity contribution in [1.29, 1.82) is 0 Å². The van der Waals surface area contributed by atoms with E-state index in [-0.39, 0.29) is 17.6 Å². The van der Waals surface area contributed by atoms with Crippen molar-refractivity contribution >= 4 is 27.6 Å². The fourth-order valence-electron chi connectivity index (χ4n) is 2.94. The molecule has 0 aliphatic heterocycles. The van der Waals surface area contributed by atoms with Crippen LogP contribution in [0, 0.1) is 0 Å². The second-order valence-electron chi connectivity index (χ2n) is 7.26. The van der Waals surface area contributed by atoms with E-state index in [1.54, 1.807) is 12.3 Å². The molecule has 0 saturated heterocycles. The van der Waals surface area contributed by atoms with Crippen molar-refractivity contribution in [2.24, 2.45) is 0 Å². The first kappa shape index (κ1) is 23.9. The molecule has 0 saturated carbocycles. The highest BCUT2D eigenvalue weighted by Crippen LogP contribution is 2.23. The van der Waals surface area contributed by atoms with E-state index in [1.165, 1.54) is 11.8 Å². The highest BCUT2D eigenvalue weighted by atomic mass is 79.9. The van der Waals surface area contributed by atoms with Crippen LogP contribution in [0.15, 0.2) is 33.7 Å². The van der Waals surface area contributed by atoms with E-state index in [9.17, 15) is 9.59 Å². The maximum atomic E-state index is 12.3. The Labute approximate surface area is 185 Å². The van der Waals surface area contributed by atoms with E-state index >= 15 is 0 Å². The molecule has 2 aromatic rings. The maximum Gasteiger partial charge on any atom is 0.337 e. The number of unbranched alkanes of at least 4 members (excludes halogenated alkanes) is 1. The topological polar surface area (TPSA) is 82.4 Å². The number of aryl methyl sites for hydroxylation is 1. The first-order valence-electron chi connectivity index (χ1n) is 10.2. The molecule has 0 spiro atoms. The van der Waals surface area contributed by atoms with Gasteiger partial charge >= 0.3 is 5.97 Å². The average molecular weight is 480 g/mol.